The summed E-state index contributed by atoms with van der Waals surface area (Å²) in [7, 11) is 1.64. The Morgan fingerprint density at radius 2 is 1.84 bits per heavy atom. The molecular weight excluding hydrogens is 253 g/mol. The largest absolute Gasteiger partial charge is 0.416 e. The number of halogens is 3. The molecule has 0 fully saturated rings. The van der Waals surface area contributed by atoms with Crippen LogP contribution in [0.4, 0.5) is 13.2 Å². The lowest BCUT2D eigenvalue weighted by Gasteiger charge is -2.33. The Morgan fingerprint density at radius 1 is 1.21 bits per heavy atom. The molecule has 0 aliphatic heterocycles. The van der Waals surface area contributed by atoms with Crippen LogP contribution in [0.25, 0.3) is 0 Å². The fraction of sp³-hybridized carbons (Fsp3) is 0.600. The second-order valence-corrected chi connectivity index (χ2v) is 5.50. The quantitative estimate of drug-likeness (QED) is 0.756. The summed E-state index contributed by atoms with van der Waals surface area (Å²) in [5, 5.41) is 0. The summed E-state index contributed by atoms with van der Waals surface area (Å²) in [6.07, 6.45) is -2.86. The molecule has 1 aromatic rings. The first kappa shape index (κ1) is 16.0. The van der Waals surface area contributed by atoms with E-state index >= 15 is 0 Å². The first-order valence-electron chi connectivity index (χ1n) is 6.39. The highest BCUT2D eigenvalue weighted by Gasteiger charge is 2.32. The molecule has 0 saturated carbocycles. The highest BCUT2D eigenvalue weighted by atomic mass is 19.4. The van der Waals surface area contributed by atoms with Gasteiger partial charge in [-0.3, -0.25) is 0 Å². The van der Waals surface area contributed by atoms with Crippen molar-refractivity contribution < 1.29 is 17.9 Å². The van der Waals surface area contributed by atoms with Crippen molar-refractivity contribution in [2.45, 2.75) is 45.9 Å². The van der Waals surface area contributed by atoms with E-state index in [4.69, 9.17) is 4.74 Å². The number of methoxy groups -OCH3 is 1. The lowest BCUT2D eigenvalue weighted by atomic mass is 9.79. The maximum absolute atomic E-state index is 12.7. The Hall–Kier alpha value is -1.03. The molecule has 1 nitrogen and oxygen atoms in total. The highest BCUT2D eigenvalue weighted by Crippen LogP contribution is 2.33. The third-order valence-electron chi connectivity index (χ3n) is 3.44. The lowest BCUT2D eigenvalue weighted by Crippen LogP contribution is -2.32. The molecule has 1 atom stereocenters. The average Bonchev–Trinajstić information content (AvgIpc) is 2.28. The Bertz CT molecular complexity index is 406. The van der Waals surface area contributed by atoms with E-state index < -0.39 is 11.7 Å². The van der Waals surface area contributed by atoms with E-state index in [0.717, 1.165) is 12.5 Å². The van der Waals surface area contributed by atoms with E-state index in [1.165, 1.54) is 12.1 Å². The molecule has 0 bridgehead atoms. The van der Waals surface area contributed by atoms with Crippen molar-refractivity contribution in [3.8, 4) is 0 Å². The second kappa shape index (κ2) is 5.95. The molecule has 1 unspecified atom stereocenters. The van der Waals surface area contributed by atoms with Crippen LogP contribution in [0.2, 0.25) is 0 Å². The van der Waals surface area contributed by atoms with E-state index in [0.29, 0.717) is 12.0 Å². The van der Waals surface area contributed by atoms with Gasteiger partial charge in [0.15, 0.2) is 0 Å². The van der Waals surface area contributed by atoms with E-state index in [1.54, 1.807) is 13.2 Å². The Labute approximate surface area is 112 Å². The van der Waals surface area contributed by atoms with Gasteiger partial charge in [0.25, 0.3) is 0 Å². The third kappa shape index (κ3) is 4.23. The summed E-state index contributed by atoms with van der Waals surface area (Å²) < 4.78 is 43.4. The maximum Gasteiger partial charge on any atom is 0.416 e. The average molecular weight is 274 g/mol. The van der Waals surface area contributed by atoms with Gasteiger partial charge in [-0.25, -0.2) is 0 Å². The van der Waals surface area contributed by atoms with Crippen LogP contribution in [0.1, 0.15) is 38.3 Å². The molecule has 4 heteroatoms. The minimum absolute atomic E-state index is 0.0297. The van der Waals surface area contributed by atoms with E-state index in [1.807, 2.05) is 20.8 Å². The first-order valence-corrected chi connectivity index (χ1v) is 6.39. The van der Waals surface area contributed by atoms with Crippen LogP contribution in [-0.4, -0.2) is 13.2 Å². The van der Waals surface area contributed by atoms with E-state index in [9.17, 15) is 13.2 Å². The molecule has 0 saturated heterocycles. The molecule has 0 spiro atoms. The molecular formula is C15H21F3O. The van der Waals surface area contributed by atoms with Gasteiger partial charge in [0.05, 0.1) is 11.7 Å². The standard InChI is InChI=1S/C15H21F3O/c1-5-13(19-4)14(2,3)10-11-7-6-8-12(9-11)15(16,17)18/h6-9,13H,5,10H2,1-4H3. The monoisotopic (exact) mass is 274 g/mol. The summed E-state index contributed by atoms with van der Waals surface area (Å²) in [5.41, 5.74) is -0.102. The van der Waals surface area contributed by atoms with Gasteiger partial charge in [0.1, 0.15) is 0 Å². The van der Waals surface area contributed by atoms with E-state index in [-0.39, 0.29) is 11.5 Å². The zero-order valence-electron chi connectivity index (χ0n) is 11.8. The van der Waals surface area contributed by atoms with Crippen molar-refractivity contribution in [1.82, 2.24) is 0 Å². The topological polar surface area (TPSA) is 9.23 Å². The second-order valence-electron chi connectivity index (χ2n) is 5.50. The van der Waals surface area contributed by atoms with Crippen LogP contribution in [0, 0.1) is 5.41 Å². The molecule has 19 heavy (non-hydrogen) atoms. The van der Waals surface area contributed by atoms with Gasteiger partial charge < -0.3 is 4.74 Å². The predicted molar refractivity (Wildman–Crippen MR) is 70.0 cm³/mol. The minimum atomic E-state index is -4.29. The number of hydrogen-bond donors (Lipinski definition) is 0. The smallest absolute Gasteiger partial charge is 0.381 e. The van der Waals surface area contributed by atoms with Gasteiger partial charge in [0, 0.05) is 7.11 Å². The molecule has 0 aromatic heterocycles. The minimum Gasteiger partial charge on any atom is -0.381 e. The summed E-state index contributed by atoms with van der Waals surface area (Å²) in [5.74, 6) is 0. The van der Waals surface area contributed by atoms with E-state index in [2.05, 4.69) is 0 Å². The molecule has 108 valence electrons. The summed E-state index contributed by atoms with van der Waals surface area (Å²) in [6, 6.07) is 5.52. The van der Waals surface area contributed by atoms with Gasteiger partial charge in [-0.2, -0.15) is 13.2 Å². The van der Waals surface area contributed by atoms with Crippen LogP contribution in [0.3, 0.4) is 0 Å². The zero-order chi connectivity index (χ0) is 14.7. The van der Waals surface area contributed by atoms with Crippen LogP contribution in [0.5, 0.6) is 0 Å². The lowest BCUT2D eigenvalue weighted by molar-refractivity contribution is -0.137. The summed E-state index contributed by atoms with van der Waals surface area (Å²) >= 11 is 0. The summed E-state index contributed by atoms with van der Waals surface area (Å²) in [6.45, 7) is 6.05. The van der Waals surface area contributed by atoms with Crippen molar-refractivity contribution in [3.05, 3.63) is 35.4 Å². The van der Waals surface area contributed by atoms with Crippen LogP contribution >= 0.6 is 0 Å². The van der Waals surface area contributed by atoms with Gasteiger partial charge >= 0.3 is 6.18 Å². The number of rotatable bonds is 5. The van der Waals surface area contributed by atoms with Gasteiger partial charge in [-0.15, -0.1) is 0 Å². The number of hydrogen-bond acceptors (Lipinski definition) is 1. The van der Waals surface area contributed by atoms with Crippen LogP contribution < -0.4 is 0 Å². The zero-order valence-corrected chi connectivity index (χ0v) is 11.8. The molecule has 0 N–H and O–H groups in total. The van der Waals surface area contributed by atoms with Crippen molar-refractivity contribution in [3.63, 3.8) is 0 Å². The Kier molecular flexibility index (Phi) is 5.02. The van der Waals surface area contributed by atoms with Gasteiger partial charge in [0.2, 0.25) is 0 Å². The van der Waals surface area contributed by atoms with Crippen molar-refractivity contribution in [2.75, 3.05) is 7.11 Å². The number of ether oxygens (including phenoxy) is 1. The molecule has 0 aliphatic carbocycles. The summed E-state index contributed by atoms with van der Waals surface area (Å²) in [4.78, 5) is 0. The maximum atomic E-state index is 12.7. The fourth-order valence-electron chi connectivity index (χ4n) is 2.54. The molecule has 0 heterocycles. The Balaban J connectivity index is 2.94. The number of benzene rings is 1. The molecule has 1 rings (SSSR count). The van der Waals surface area contributed by atoms with Crippen LogP contribution in [0.15, 0.2) is 24.3 Å². The molecule has 0 radical (unpaired) electrons. The van der Waals surface area contributed by atoms with Gasteiger partial charge in [-0.1, -0.05) is 39.0 Å². The highest BCUT2D eigenvalue weighted by molar-refractivity contribution is 5.26. The predicted octanol–water partition coefficient (Wildman–Crippen LogP) is 4.70. The van der Waals surface area contributed by atoms with Crippen molar-refractivity contribution in [1.29, 1.82) is 0 Å². The molecule has 0 amide bonds. The fourth-order valence-corrected chi connectivity index (χ4v) is 2.54. The Morgan fingerprint density at radius 3 is 2.32 bits per heavy atom. The first-order chi connectivity index (χ1) is 8.70. The van der Waals surface area contributed by atoms with Crippen molar-refractivity contribution >= 4 is 0 Å². The third-order valence-corrected chi connectivity index (χ3v) is 3.44. The van der Waals surface area contributed by atoms with Crippen LogP contribution in [-0.2, 0) is 17.3 Å². The molecule has 1 aromatic carbocycles. The van der Waals surface area contributed by atoms with Crippen molar-refractivity contribution in [2.24, 2.45) is 5.41 Å². The number of alkyl halides is 3. The normalized spacial score (nSPS) is 14.5. The van der Waals surface area contributed by atoms with Gasteiger partial charge in [-0.05, 0) is 29.9 Å². The molecule has 0 aliphatic rings. The SMILES string of the molecule is CCC(OC)C(C)(C)Cc1cccc(C(F)(F)F)c1.